The Bertz CT molecular complexity index is 399. The molecular formula is C16H28O5. The van der Waals surface area contributed by atoms with E-state index in [0.29, 0.717) is 12.0 Å². The summed E-state index contributed by atoms with van der Waals surface area (Å²) in [4.78, 5) is 11.9. The van der Waals surface area contributed by atoms with Crippen LogP contribution in [0.1, 0.15) is 41.0 Å². The second-order valence-corrected chi connectivity index (χ2v) is 7.02. The zero-order chi connectivity index (χ0) is 16.4. The van der Waals surface area contributed by atoms with Crippen molar-refractivity contribution in [2.75, 3.05) is 13.2 Å². The second kappa shape index (κ2) is 6.57. The van der Waals surface area contributed by atoms with Gasteiger partial charge in [0, 0.05) is 11.8 Å². The Morgan fingerprint density at radius 3 is 2.33 bits per heavy atom. The number of hydrogen-bond acceptors (Lipinski definition) is 5. The van der Waals surface area contributed by atoms with Crippen molar-refractivity contribution in [3.8, 4) is 0 Å². The molecule has 5 heteroatoms. The minimum Gasteiger partial charge on any atom is -0.388 e. The average Bonchev–Trinajstić information content (AvgIpc) is 2.66. The van der Waals surface area contributed by atoms with Crippen LogP contribution in [0.5, 0.6) is 0 Å². The summed E-state index contributed by atoms with van der Waals surface area (Å²) < 4.78 is 11.2. The van der Waals surface area contributed by atoms with Gasteiger partial charge in [-0.15, -0.1) is 0 Å². The summed E-state index contributed by atoms with van der Waals surface area (Å²) in [7, 11) is 0. The van der Waals surface area contributed by atoms with Crippen LogP contribution in [0.25, 0.3) is 0 Å². The van der Waals surface area contributed by atoms with E-state index in [1.807, 2.05) is 27.7 Å². The zero-order valence-corrected chi connectivity index (χ0v) is 13.7. The number of carbonyl (C=O) groups is 1. The fourth-order valence-electron chi connectivity index (χ4n) is 2.06. The molecule has 0 aromatic heterocycles. The lowest BCUT2D eigenvalue weighted by atomic mass is 9.73. The van der Waals surface area contributed by atoms with Crippen LogP contribution in [-0.4, -0.2) is 53.1 Å². The molecule has 5 nitrogen and oxygen atoms in total. The van der Waals surface area contributed by atoms with Gasteiger partial charge in [0.05, 0.1) is 18.8 Å². The highest BCUT2D eigenvalue weighted by Gasteiger charge is 2.42. The Labute approximate surface area is 126 Å². The van der Waals surface area contributed by atoms with Gasteiger partial charge in [0.1, 0.15) is 18.3 Å². The standard InChI is InChI=1S/C16H28O5/c1-10(2)11(17)7-15(3,4)16(5,6)21-9-13-14(19)12(18)8-20-13/h12-14,18-19H,1,7-9H2,2-6H3. The molecule has 0 amide bonds. The van der Waals surface area contributed by atoms with Crippen LogP contribution in [0.2, 0.25) is 0 Å². The summed E-state index contributed by atoms with van der Waals surface area (Å²) >= 11 is 0. The topological polar surface area (TPSA) is 76.0 Å². The molecule has 0 aromatic rings. The van der Waals surface area contributed by atoms with Gasteiger partial charge in [0.2, 0.25) is 0 Å². The van der Waals surface area contributed by atoms with E-state index in [1.165, 1.54) is 0 Å². The molecule has 1 saturated heterocycles. The Morgan fingerprint density at radius 1 is 1.33 bits per heavy atom. The van der Waals surface area contributed by atoms with Crippen molar-refractivity contribution in [2.24, 2.45) is 5.41 Å². The van der Waals surface area contributed by atoms with Gasteiger partial charge in [-0.25, -0.2) is 0 Å². The second-order valence-electron chi connectivity index (χ2n) is 7.02. The molecule has 1 aliphatic heterocycles. The quantitative estimate of drug-likeness (QED) is 0.696. The molecule has 1 rings (SSSR count). The molecule has 0 bridgehead atoms. The van der Waals surface area contributed by atoms with Gasteiger partial charge in [0.25, 0.3) is 0 Å². The number of hydrogen-bond donors (Lipinski definition) is 2. The highest BCUT2D eigenvalue weighted by atomic mass is 16.6. The highest BCUT2D eigenvalue weighted by molar-refractivity contribution is 5.94. The van der Waals surface area contributed by atoms with Crippen molar-refractivity contribution in [2.45, 2.75) is 65.0 Å². The molecule has 0 radical (unpaired) electrons. The van der Waals surface area contributed by atoms with Crippen molar-refractivity contribution in [1.29, 1.82) is 0 Å². The molecule has 122 valence electrons. The Balaban J connectivity index is 2.63. The molecule has 0 spiro atoms. The maximum Gasteiger partial charge on any atom is 0.158 e. The van der Waals surface area contributed by atoms with Crippen molar-refractivity contribution in [3.63, 3.8) is 0 Å². The number of allylic oxidation sites excluding steroid dienone is 1. The van der Waals surface area contributed by atoms with Crippen LogP contribution in [0, 0.1) is 5.41 Å². The third-order valence-corrected chi connectivity index (χ3v) is 4.57. The maximum atomic E-state index is 11.9. The predicted molar refractivity (Wildman–Crippen MR) is 80.0 cm³/mol. The first-order valence-electron chi connectivity index (χ1n) is 7.28. The van der Waals surface area contributed by atoms with E-state index in [-0.39, 0.29) is 19.0 Å². The zero-order valence-electron chi connectivity index (χ0n) is 13.7. The van der Waals surface area contributed by atoms with E-state index in [2.05, 4.69) is 6.58 Å². The third-order valence-electron chi connectivity index (χ3n) is 4.57. The van der Waals surface area contributed by atoms with Gasteiger partial charge >= 0.3 is 0 Å². The third kappa shape index (κ3) is 4.36. The normalized spacial score (nSPS) is 26.9. The molecule has 2 N–H and O–H groups in total. The van der Waals surface area contributed by atoms with Gasteiger partial charge in [-0.1, -0.05) is 20.4 Å². The molecule has 1 fully saturated rings. The number of carbonyl (C=O) groups excluding carboxylic acids is 1. The van der Waals surface area contributed by atoms with Gasteiger partial charge in [0.15, 0.2) is 5.78 Å². The number of Topliss-reactive ketones (excluding diaryl/α,β-unsaturated/α-hetero) is 1. The SMILES string of the molecule is C=C(C)C(=O)CC(C)(C)C(C)(C)OCC1OCC(O)C1O. The smallest absolute Gasteiger partial charge is 0.158 e. The van der Waals surface area contributed by atoms with E-state index >= 15 is 0 Å². The molecule has 3 unspecified atom stereocenters. The summed E-state index contributed by atoms with van der Waals surface area (Å²) in [5.41, 5.74) is -0.448. The van der Waals surface area contributed by atoms with E-state index in [0.717, 1.165) is 0 Å². The number of aliphatic hydroxyl groups excluding tert-OH is 2. The molecule has 0 aromatic carbocycles. The number of aliphatic hydroxyl groups is 2. The fourth-order valence-corrected chi connectivity index (χ4v) is 2.06. The lowest BCUT2D eigenvalue weighted by molar-refractivity contribution is -0.144. The Kier molecular flexibility index (Phi) is 5.72. The summed E-state index contributed by atoms with van der Waals surface area (Å²) in [5.74, 6) is 0.0178. The predicted octanol–water partition coefficient (Wildman–Crippen LogP) is 1.46. The van der Waals surface area contributed by atoms with E-state index in [1.54, 1.807) is 6.92 Å². The minimum absolute atomic E-state index is 0.0178. The number of rotatable bonds is 7. The molecule has 21 heavy (non-hydrogen) atoms. The van der Waals surface area contributed by atoms with Gasteiger partial charge < -0.3 is 19.7 Å². The summed E-state index contributed by atoms with van der Waals surface area (Å²) in [6.45, 7) is 13.4. The first-order valence-corrected chi connectivity index (χ1v) is 7.28. The molecule has 1 aliphatic rings. The highest BCUT2D eigenvalue weighted by Crippen LogP contribution is 2.38. The Hall–Kier alpha value is -0.750. The fraction of sp³-hybridized carbons (Fsp3) is 0.812. The van der Waals surface area contributed by atoms with E-state index < -0.39 is 29.3 Å². The van der Waals surface area contributed by atoms with E-state index in [9.17, 15) is 15.0 Å². The lowest BCUT2D eigenvalue weighted by Gasteiger charge is -2.41. The summed E-state index contributed by atoms with van der Waals surface area (Å²) in [6, 6.07) is 0. The molecular weight excluding hydrogens is 272 g/mol. The summed E-state index contributed by atoms with van der Waals surface area (Å²) in [6.07, 6.45) is -1.99. The van der Waals surface area contributed by atoms with Crippen molar-refractivity contribution < 1.29 is 24.5 Å². The van der Waals surface area contributed by atoms with E-state index in [4.69, 9.17) is 9.47 Å². The van der Waals surface area contributed by atoms with Gasteiger partial charge in [-0.3, -0.25) is 4.79 Å². The molecule has 1 heterocycles. The van der Waals surface area contributed by atoms with Gasteiger partial charge in [-0.2, -0.15) is 0 Å². The molecule has 3 atom stereocenters. The van der Waals surface area contributed by atoms with Gasteiger partial charge in [-0.05, 0) is 26.3 Å². The van der Waals surface area contributed by atoms with Crippen LogP contribution in [0.15, 0.2) is 12.2 Å². The van der Waals surface area contributed by atoms with Crippen LogP contribution >= 0.6 is 0 Å². The monoisotopic (exact) mass is 300 g/mol. The Morgan fingerprint density at radius 2 is 1.90 bits per heavy atom. The van der Waals surface area contributed by atoms with Crippen LogP contribution in [0.3, 0.4) is 0 Å². The summed E-state index contributed by atoms with van der Waals surface area (Å²) in [5, 5.41) is 19.2. The van der Waals surface area contributed by atoms with Crippen molar-refractivity contribution >= 4 is 5.78 Å². The first kappa shape index (κ1) is 18.3. The van der Waals surface area contributed by atoms with Crippen LogP contribution in [0.4, 0.5) is 0 Å². The number of ether oxygens (including phenoxy) is 2. The maximum absolute atomic E-state index is 11.9. The first-order chi connectivity index (χ1) is 9.48. The molecule has 0 saturated carbocycles. The van der Waals surface area contributed by atoms with Crippen molar-refractivity contribution in [1.82, 2.24) is 0 Å². The lowest BCUT2D eigenvalue weighted by Crippen LogP contribution is -2.45. The molecule has 0 aliphatic carbocycles. The largest absolute Gasteiger partial charge is 0.388 e. The van der Waals surface area contributed by atoms with Crippen LogP contribution < -0.4 is 0 Å². The minimum atomic E-state index is -0.930. The van der Waals surface area contributed by atoms with Crippen molar-refractivity contribution in [3.05, 3.63) is 12.2 Å². The average molecular weight is 300 g/mol. The number of ketones is 1. The van der Waals surface area contributed by atoms with Crippen LogP contribution in [-0.2, 0) is 14.3 Å².